The number of carbonyl (C=O) groups is 1. The van der Waals surface area contributed by atoms with Crippen LogP contribution in [0.1, 0.15) is 38.1 Å². The van der Waals surface area contributed by atoms with Crippen LogP contribution in [0.15, 0.2) is 30.5 Å². The van der Waals surface area contributed by atoms with Gasteiger partial charge in [-0.15, -0.1) is 5.10 Å². The van der Waals surface area contributed by atoms with Crippen molar-refractivity contribution in [1.29, 1.82) is 0 Å². The molecule has 1 atom stereocenters. The van der Waals surface area contributed by atoms with Crippen LogP contribution >= 0.6 is 0 Å². The third-order valence-electron chi connectivity index (χ3n) is 5.26. The molecule has 2 aliphatic heterocycles. The summed E-state index contributed by atoms with van der Waals surface area (Å²) < 4.78 is 20.5. The van der Waals surface area contributed by atoms with E-state index in [9.17, 15) is 9.18 Å². The Bertz CT molecular complexity index is 747. The Morgan fingerprint density at radius 2 is 1.88 bits per heavy atom. The molecule has 0 saturated carbocycles. The van der Waals surface area contributed by atoms with Gasteiger partial charge in [-0.2, -0.15) is 0 Å². The van der Waals surface area contributed by atoms with Gasteiger partial charge in [0.05, 0.1) is 12.2 Å². The molecule has 0 bridgehead atoms. The number of amides is 1. The molecular weight excluding hydrogens is 335 g/mol. The first-order chi connectivity index (χ1) is 12.7. The average Bonchev–Trinajstić information content (AvgIpc) is 3.19. The van der Waals surface area contributed by atoms with E-state index in [1.165, 1.54) is 12.1 Å². The van der Waals surface area contributed by atoms with Gasteiger partial charge >= 0.3 is 0 Å². The van der Waals surface area contributed by atoms with Crippen molar-refractivity contribution in [1.82, 2.24) is 19.9 Å². The number of likely N-dealkylation sites (tertiary alicyclic amines) is 1. The van der Waals surface area contributed by atoms with E-state index in [4.69, 9.17) is 4.74 Å². The normalized spacial score (nSPS) is 21.7. The second-order valence-corrected chi connectivity index (χ2v) is 7.00. The fraction of sp³-hybridized carbons (Fsp3) is 0.526. The van der Waals surface area contributed by atoms with Gasteiger partial charge < -0.3 is 9.64 Å². The SMILES string of the molecule is O=C(C1CCCCO1)N1CCC(n2cc(-c3ccc(F)cc3)nn2)CC1. The second kappa shape index (κ2) is 7.53. The van der Waals surface area contributed by atoms with E-state index in [2.05, 4.69) is 10.3 Å². The molecule has 0 radical (unpaired) electrons. The molecule has 7 heteroatoms. The number of nitrogens with zero attached hydrogens (tertiary/aromatic N) is 4. The summed E-state index contributed by atoms with van der Waals surface area (Å²) in [5.74, 6) is -0.131. The lowest BCUT2D eigenvalue weighted by molar-refractivity contribution is -0.147. The van der Waals surface area contributed by atoms with E-state index >= 15 is 0 Å². The molecule has 2 saturated heterocycles. The summed E-state index contributed by atoms with van der Waals surface area (Å²) in [5, 5.41) is 8.45. The van der Waals surface area contributed by atoms with Crippen molar-refractivity contribution >= 4 is 5.91 Å². The number of halogens is 1. The van der Waals surface area contributed by atoms with Crippen LogP contribution < -0.4 is 0 Å². The Labute approximate surface area is 151 Å². The van der Waals surface area contributed by atoms with Gasteiger partial charge in [0, 0.05) is 25.3 Å². The van der Waals surface area contributed by atoms with E-state index in [0.29, 0.717) is 6.61 Å². The lowest BCUT2D eigenvalue weighted by Crippen LogP contribution is -2.46. The summed E-state index contributed by atoms with van der Waals surface area (Å²) in [4.78, 5) is 14.5. The third-order valence-corrected chi connectivity index (χ3v) is 5.26. The molecule has 1 amide bonds. The van der Waals surface area contributed by atoms with Crippen molar-refractivity contribution in [3.8, 4) is 11.3 Å². The van der Waals surface area contributed by atoms with E-state index in [1.807, 2.05) is 15.8 Å². The molecule has 26 heavy (non-hydrogen) atoms. The Hall–Kier alpha value is -2.28. The largest absolute Gasteiger partial charge is 0.368 e. The maximum absolute atomic E-state index is 13.1. The molecule has 1 aromatic heterocycles. The summed E-state index contributed by atoms with van der Waals surface area (Å²) in [5.41, 5.74) is 1.58. The van der Waals surface area contributed by atoms with Crippen LogP contribution in [0.4, 0.5) is 4.39 Å². The van der Waals surface area contributed by atoms with Gasteiger partial charge in [0.15, 0.2) is 0 Å². The smallest absolute Gasteiger partial charge is 0.251 e. The first-order valence-electron chi connectivity index (χ1n) is 9.29. The Morgan fingerprint density at radius 1 is 1.12 bits per heavy atom. The minimum atomic E-state index is -0.264. The molecule has 1 aromatic carbocycles. The number of ether oxygens (including phenoxy) is 1. The molecule has 2 aromatic rings. The van der Waals surface area contributed by atoms with Crippen LogP contribution in [0.25, 0.3) is 11.3 Å². The van der Waals surface area contributed by atoms with Crippen molar-refractivity contribution in [3.05, 3.63) is 36.3 Å². The zero-order chi connectivity index (χ0) is 17.9. The molecule has 4 rings (SSSR count). The topological polar surface area (TPSA) is 60.2 Å². The molecule has 2 fully saturated rings. The lowest BCUT2D eigenvalue weighted by Gasteiger charge is -2.34. The molecule has 138 valence electrons. The van der Waals surface area contributed by atoms with Crippen molar-refractivity contribution in [2.45, 2.75) is 44.2 Å². The van der Waals surface area contributed by atoms with Crippen molar-refractivity contribution in [2.75, 3.05) is 19.7 Å². The zero-order valence-corrected chi connectivity index (χ0v) is 14.7. The van der Waals surface area contributed by atoms with Gasteiger partial charge in [0.25, 0.3) is 5.91 Å². The highest BCUT2D eigenvalue weighted by Gasteiger charge is 2.30. The second-order valence-electron chi connectivity index (χ2n) is 7.00. The predicted molar refractivity (Wildman–Crippen MR) is 93.9 cm³/mol. The van der Waals surface area contributed by atoms with Crippen LogP contribution in [-0.4, -0.2) is 51.6 Å². The standard InChI is InChI=1S/C19H23FN4O2/c20-15-6-4-14(5-7-15)17-13-24(22-21-17)16-8-10-23(11-9-16)19(25)18-3-1-2-12-26-18/h4-7,13,16,18H,1-3,8-12H2. The molecule has 0 spiro atoms. The van der Waals surface area contributed by atoms with Crippen molar-refractivity contribution in [2.24, 2.45) is 0 Å². The van der Waals surface area contributed by atoms with Gasteiger partial charge in [0.1, 0.15) is 17.6 Å². The quantitative estimate of drug-likeness (QED) is 0.847. The Kier molecular flexibility index (Phi) is 4.97. The molecule has 1 unspecified atom stereocenters. The number of rotatable bonds is 3. The number of benzene rings is 1. The fourth-order valence-electron chi connectivity index (χ4n) is 3.70. The summed E-state index contributed by atoms with van der Waals surface area (Å²) >= 11 is 0. The van der Waals surface area contributed by atoms with E-state index in [1.54, 1.807) is 12.1 Å². The van der Waals surface area contributed by atoms with Crippen LogP contribution in [0.2, 0.25) is 0 Å². The molecule has 6 nitrogen and oxygen atoms in total. The summed E-state index contributed by atoms with van der Waals surface area (Å²) in [7, 11) is 0. The number of aromatic nitrogens is 3. The van der Waals surface area contributed by atoms with E-state index in [-0.39, 0.29) is 23.9 Å². The zero-order valence-electron chi connectivity index (χ0n) is 14.7. The first kappa shape index (κ1) is 17.1. The number of hydrogen-bond donors (Lipinski definition) is 0. The molecule has 0 aliphatic carbocycles. The summed E-state index contributed by atoms with van der Waals surface area (Å²) in [6, 6.07) is 6.48. The average molecular weight is 358 g/mol. The van der Waals surface area contributed by atoms with Crippen LogP contribution in [0, 0.1) is 5.82 Å². The van der Waals surface area contributed by atoms with Crippen molar-refractivity contribution < 1.29 is 13.9 Å². The molecular formula is C19H23FN4O2. The minimum Gasteiger partial charge on any atom is -0.368 e. The van der Waals surface area contributed by atoms with Crippen LogP contribution in [-0.2, 0) is 9.53 Å². The number of piperidine rings is 1. The first-order valence-corrected chi connectivity index (χ1v) is 9.29. The van der Waals surface area contributed by atoms with Gasteiger partial charge in [0.2, 0.25) is 0 Å². The minimum absolute atomic E-state index is 0.133. The number of hydrogen-bond acceptors (Lipinski definition) is 4. The Morgan fingerprint density at radius 3 is 2.58 bits per heavy atom. The Balaban J connectivity index is 1.36. The van der Waals surface area contributed by atoms with Gasteiger partial charge in [-0.05, 0) is 56.4 Å². The fourth-order valence-corrected chi connectivity index (χ4v) is 3.70. The summed E-state index contributed by atoms with van der Waals surface area (Å²) in [6.07, 6.45) is 6.31. The van der Waals surface area contributed by atoms with Gasteiger partial charge in [-0.1, -0.05) is 5.21 Å². The highest BCUT2D eigenvalue weighted by molar-refractivity contribution is 5.81. The maximum Gasteiger partial charge on any atom is 0.251 e. The molecule has 3 heterocycles. The van der Waals surface area contributed by atoms with Crippen LogP contribution in [0.3, 0.4) is 0 Å². The van der Waals surface area contributed by atoms with Gasteiger partial charge in [-0.25, -0.2) is 9.07 Å². The van der Waals surface area contributed by atoms with Gasteiger partial charge in [-0.3, -0.25) is 4.79 Å². The lowest BCUT2D eigenvalue weighted by atomic mass is 10.0. The van der Waals surface area contributed by atoms with E-state index < -0.39 is 0 Å². The maximum atomic E-state index is 13.1. The number of carbonyl (C=O) groups excluding carboxylic acids is 1. The highest BCUT2D eigenvalue weighted by Crippen LogP contribution is 2.26. The predicted octanol–water partition coefficient (Wildman–Crippen LogP) is 2.82. The van der Waals surface area contributed by atoms with E-state index in [0.717, 1.165) is 56.5 Å². The highest BCUT2D eigenvalue weighted by atomic mass is 19.1. The summed E-state index contributed by atoms with van der Waals surface area (Å²) in [6.45, 7) is 2.13. The third kappa shape index (κ3) is 3.62. The van der Waals surface area contributed by atoms with Crippen molar-refractivity contribution in [3.63, 3.8) is 0 Å². The van der Waals surface area contributed by atoms with Crippen LogP contribution in [0.5, 0.6) is 0 Å². The monoisotopic (exact) mass is 358 g/mol. The molecule has 0 N–H and O–H groups in total. The molecule has 2 aliphatic rings.